The topological polar surface area (TPSA) is 3.24 Å². The monoisotopic (exact) mass is 669 g/mol. The summed E-state index contributed by atoms with van der Waals surface area (Å²) in [4.78, 5) is 2.45. The van der Waals surface area contributed by atoms with E-state index in [0.29, 0.717) is 0 Å². The first-order valence-electron chi connectivity index (χ1n) is 17.7. The van der Waals surface area contributed by atoms with Crippen LogP contribution in [0.4, 0.5) is 17.1 Å². The molecule has 9 aromatic rings. The molecule has 1 nitrogen and oxygen atoms in total. The van der Waals surface area contributed by atoms with E-state index in [0.717, 1.165) is 17.1 Å². The summed E-state index contributed by atoms with van der Waals surface area (Å²) in [6.07, 6.45) is 0. The van der Waals surface area contributed by atoms with Gasteiger partial charge in [-0.15, -0.1) is 11.3 Å². The number of fused-ring (bicyclic) bond motifs is 7. The van der Waals surface area contributed by atoms with Crippen molar-refractivity contribution in [3.8, 4) is 33.4 Å². The molecule has 0 saturated heterocycles. The maximum atomic E-state index is 2.45. The van der Waals surface area contributed by atoms with Crippen molar-refractivity contribution in [2.75, 3.05) is 4.90 Å². The molecule has 2 heteroatoms. The summed E-state index contributed by atoms with van der Waals surface area (Å²) in [7, 11) is 0. The van der Waals surface area contributed by atoms with Crippen LogP contribution < -0.4 is 4.90 Å². The Kier molecular flexibility index (Phi) is 6.78. The van der Waals surface area contributed by atoms with E-state index in [1.54, 1.807) is 0 Å². The molecule has 0 atom stereocenters. The Bertz CT molecular complexity index is 2780. The summed E-state index contributed by atoms with van der Waals surface area (Å²) in [5.74, 6) is 0. The van der Waals surface area contributed by atoms with Crippen LogP contribution in [0.25, 0.3) is 64.3 Å². The third-order valence-electron chi connectivity index (χ3n) is 10.9. The zero-order valence-corrected chi connectivity index (χ0v) is 29.4. The predicted molar refractivity (Wildman–Crippen MR) is 220 cm³/mol. The summed E-state index contributed by atoms with van der Waals surface area (Å²) < 4.78 is 2.64. The quantitative estimate of drug-likeness (QED) is 0.176. The zero-order valence-electron chi connectivity index (χ0n) is 28.6. The van der Waals surface area contributed by atoms with Crippen LogP contribution in [0.3, 0.4) is 0 Å². The molecule has 0 aliphatic heterocycles. The van der Waals surface area contributed by atoms with Crippen molar-refractivity contribution in [3.63, 3.8) is 0 Å². The third-order valence-corrected chi connectivity index (χ3v) is 12.0. The molecule has 0 spiro atoms. The molecule has 1 heterocycles. The van der Waals surface area contributed by atoms with E-state index in [1.807, 2.05) is 11.3 Å². The van der Waals surface area contributed by atoms with Crippen molar-refractivity contribution >= 4 is 59.3 Å². The third kappa shape index (κ3) is 4.67. The summed E-state index contributed by atoms with van der Waals surface area (Å²) in [6, 6.07) is 64.9. The molecule has 1 aliphatic carbocycles. The van der Waals surface area contributed by atoms with Gasteiger partial charge < -0.3 is 4.90 Å². The molecule has 51 heavy (non-hydrogen) atoms. The number of anilines is 3. The first-order chi connectivity index (χ1) is 25.1. The van der Waals surface area contributed by atoms with Crippen LogP contribution in [0.2, 0.25) is 0 Å². The molecule has 0 bridgehead atoms. The first-order valence-corrected chi connectivity index (χ1v) is 18.5. The molecule has 0 radical (unpaired) electrons. The maximum absolute atomic E-state index is 2.45. The Hall–Kier alpha value is -5.96. The van der Waals surface area contributed by atoms with Crippen LogP contribution in [0.5, 0.6) is 0 Å². The van der Waals surface area contributed by atoms with Crippen LogP contribution in [0.15, 0.2) is 176 Å². The zero-order chi connectivity index (χ0) is 34.1. The fourth-order valence-corrected chi connectivity index (χ4v) is 9.49. The Morgan fingerprint density at radius 2 is 1.04 bits per heavy atom. The molecule has 10 rings (SSSR count). The SMILES string of the molecule is CC1(C)c2ccccc2-c2c(-c3ccc(N(c4ccccc4-c4ccc5sc6ccccc6c5c4)c4cccc5ccccc45)cc3)cccc21. The molecule has 0 amide bonds. The molecule has 8 aromatic carbocycles. The molecule has 0 saturated carbocycles. The fourth-order valence-electron chi connectivity index (χ4n) is 8.40. The van der Waals surface area contributed by atoms with Gasteiger partial charge in [0.1, 0.15) is 0 Å². The van der Waals surface area contributed by atoms with E-state index in [2.05, 4.69) is 195 Å². The highest BCUT2D eigenvalue weighted by Gasteiger charge is 2.36. The van der Waals surface area contributed by atoms with E-state index < -0.39 is 0 Å². The van der Waals surface area contributed by atoms with Gasteiger partial charge in [0.25, 0.3) is 0 Å². The van der Waals surface area contributed by atoms with Crippen molar-refractivity contribution in [2.24, 2.45) is 0 Å². The van der Waals surface area contributed by atoms with Gasteiger partial charge in [0, 0.05) is 42.2 Å². The average molecular weight is 670 g/mol. The molecule has 1 aromatic heterocycles. The molecular weight excluding hydrogens is 635 g/mol. The lowest BCUT2D eigenvalue weighted by atomic mass is 9.82. The van der Waals surface area contributed by atoms with Gasteiger partial charge in [0.2, 0.25) is 0 Å². The average Bonchev–Trinajstić information content (AvgIpc) is 3.67. The minimum absolute atomic E-state index is 0.0327. The van der Waals surface area contributed by atoms with E-state index in [4.69, 9.17) is 0 Å². The fraction of sp³-hybridized carbons (Fsp3) is 0.0612. The van der Waals surface area contributed by atoms with Crippen molar-refractivity contribution in [1.82, 2.24) is 0 Å². The lowest BCUT2D eigenvalue weighted by Crippen LogP contribution is -2.14. The second kappa shape index (κ2) is 11.6. The van der Waals surface area contributed by atoms with Crippen molar-refractivity contribution in [1.29, 1.82) is 0 Å². The van der Waals surface area contributed by atoms with Gasteiger partial charge in [-0.2, -0.15) is 0 Å². The Morgan fingerprint density at radius 3 is 1.92 bits per heavy atom. The van der Waals surface area contributed by atoms with Crippen LogP contribution in [-0.2, 0) is 5.41 Å². The van der Waals surface area contributed by atoms with E-state index in [-0.39, 0.29) is 5.41 Å². The van der Waals surface area contributed by atoms with Crippen molar-refractivity contribution in [2.45, 2.75) is 19.3 Å². The van der Waals surface area contributed by atoms with Gasteiger partial charge in [-0.3, -0.25) is 0 Å². The normalized spacial score (nSPS) is 13.1. The van der Waals surface area contributed by atoms with Crippen LogP contribution in [0, 0.1) is 0 Å². The summed E-state index contributed by atoms with van der Waals surface area (Å²) in [5.41, 5.74) is 13.8. The molecule has 1 aliphatic rings. The lowest BCUT2D eigenvalue weighted by molar-refractivity contribution is 0.660. The highest BCUT2D eigenvalue weighted by molar-refractivity contribution is 7.25. The Balaban J connectivity index is 1.15. The predicted octanol–water partition coefficient (Wildman–Crippen LogP) is 14.3. The second-order valence-corrected chi connectivity index (χ2v) is 15.2. The van der Waals surface area contributed by atoms with E-state index >= 15 is 0 Å². The molecule has 242 valence electrons. The number of hydrogen-bond donors (Lipinski definition) is 0. The minimum Gasteiger partial charge on any atom is -0.309 e. The Morgan fingerprint density at radius 1 is 0.431 bits per heavy atom. The number of hydrogen-bond acceptors (Lipinski definition) is 2. The van der Waals surface area contributed by atoms with Crippen LogP contribution in [0.1, 0.15) is 25.0 Å². The number of thiophene rings is 1. The van der Waals surface area contributed by atoms with E-state index in [1.165, 1.54) is 75.5 Å². The van der Waals surface area contributed by atoms with Gasteiger partial charge in [-0.05, 0) is 86.8 Å². The first kappa shape index (κ1) is 29.9. The highest BCUT2D eigenvalue weighted by atomic mass is 32.1. The minimum atomic E-state index is -0.0327. The summed E-state index contributed by atoms with van der Waals surface area (Å²) in [6.45, 7) is 4.70. The summed E-state index contributed by atoms with van der Waals surface area (Å²) >= 11 is 1.86. The van der Waals surface area contributed by atoms with Crippen LogP contribution >= 0.6 is 11.3 Å². The Labute approximate surface area is 302 Å². The highest BCUT2D eigenvalue weighted by Crippen LogP contribution is 2.52. The van der Waals surface area contributed by atoms with Gasteiger partial charge in [-0.1, -0.05) is 147 Å². The number of nitrogens with zero attached hydrogens (tertiary/aromatic N) is 1. The van der Waals surface area contributed by atoms with Gasteiger partial charge in [0.05, 0.1) is 11.4 Å². The van der Waals surface area contributed by atoms with Crippen molar-refractivity contribution in [3.05, 3.63) is 187 Å². The van der Waals surface area contributed by atoms with Gasteiger partial charge in [-0.25, -0.2) is 0 Å². The van der Waals surface area contributed by atoms with Gasteiger partial charge >= 0.3 is 0 Å². The van der Waals surface area contributed by atoms with Crippen molar-refractivity contribution < 1.29 is 0 Å². The lowest BCUT2D eigenvalue weighted by Gasteiger charge is -2.29. The smallest absolute Gasteiger partial charge is 0.0540 e. The second-order valence-electron chi connectivity index (χ2n) is 14.1. The van der Waals surface area contributed by atoms with E-state index in [9.17, 15) is 0 Å². The van der Waals surface area contributed by atoms with Gasteiger partial charge in [0.15, 0.2) is 0 Å². The molecular formula is C49H35NS. The number of para-hydroxylation sites is 1. The largest absolute Gasteiger partial charge is 0.309 e. The standard InChI is InChI=1S/C49H35NS/c1-49(2)42-20-8-5-18-40(42)48-38(19-12-21-43(48)49)33-25-28-35(29-26-33)50(45-23-11-14-32-13-3-4-15-36(32)45)44-22-9-6-16-37(44)34-27-30-47-41(31-34)39-17-7-10-24-46(39)51-47/h3-31H,1-2H3. The maximum Gasteiger partial charge on any atom is 0.0540 e. The molecule has 0 N–H and O–H groups in total. The molecule has 0 unspecified atom stereocenters. The summed E-state index contributed by atoms with van der Waals surface area (Å²) in [5, 5.41) is 5.07. The molecule has 0 fully saturated rings. The number of rotatable bonds is 5. The number of benzene rings is 8. The van der Waals surface area contributed by atoms with Crippen LogP contribution in [-0.4, -0.2) is 0 Å².